The second kappa shape index (κ2) is 6.40. The number of piperidine rings is 1. The Balaban J connectivity index is 2.22. The van der Waals surface area contributed by atoms with E-state index in [1.165, 1.54) is 0 Å². The van der Waals surface area contributed by atoms with Crippen LogP contribution in [0.1, 0.15) is 35.7 Å². The lowest BCUT2D eigenvalue weighted by atomic mass is 10.0. The van der Waals surface area contributed by atoms with Crippen molar-refractivity contribution in [1.29, 1.82) is 0 Å². The molecule has 19 heavy (non-hydrogen) atoms. The molecule has 0 radical (unpaired) electrons. The zero-order valence-electron chi connectivity index (χ0n) is 11.6. The summed E-state index contributed by atoms with van der Waals surface area (Å²) in [4.78, 5) is 14.6. The molecule has 1 saturated heterocycles. The summed E-state index contributed by atoms with van der Waals surface area (Å²) in [5, 5.41) is 3.91. The Kier molecular flexibility index (Phi) is 4.83. The van der Waals surface area contributed by atoms with Gasteiger partial charge in [-0.2, -0.15) is 0 Å². The quantitative estimate of drug-likeness (QED) is 0.923. The average molecular weight is 281 g/mol. The Bertz CT molecular complexity index is 455. The maximum Gasteiger partial charge on any atom is 0.255 e. The van der Waals surface area contributed by atoms with E-state index in [0.29, 0.717) is 16.6 Å². The van der Waals surface area contributed by atoms with Crippen molar-refractivity contribution in [3.63, 3.8) is 0 Å². The Morgan fingerprint density at radius 3 is 2.74 bits per heavy atom. The molecule has 0 aliphatic carbocycles. The number of nitrogens with zero attached hydrogens (tertiary/aromatic N) is 1. The van der Waals surface area contributed by atoms with E-state index in [1.54, 1.807) is 0 Å². The first-order chi connectivity index (χ1) is 9.15. The maximum atomic E-state index is 12.7. The molecule has 0 saturated carbocycles. The van der Waals surface area contributed by atoms with Crippen molar-refractivity contribution in [3.8, 4) is 0 Å². The largest absolute Gasteiger partial charge is 0.336 e. The number of halogens is 1. The summed E-state index contributed by atoms with van der Waals surface area (Å²) in [6, 6.07) is 5.97. The third-order valence-corrected chi connectivity index (χ3v) is 4.27. The van der Waals surface area contributed by atoms with Crippen LogP contribution in [0.4, 0.5) is 0 Å². The van der Waals surface area contributed by atoms with Crippen LogP contribution in [-0.2, 0) is 0 Å². The Labute approximate surface area is 119 Å². The van der Waals surface area contributed by atoms with Gasteiger partial charge in [-0.15, -0.1) is 0 Å². The van der Waals surface area contributed by atoms with Crippen LogP contribution in [0.15, 0.2) is 18.2 Å². The summed E-state index contributed by atoms with van der Waals surface area (Å²) >= 11 is 6.27. The van der Waals surface area contributed by atoms with E-state index in [2.05, 4.69) is 5.32 Å². The van der Waals surface area contributed by atoms with Crippen molar-refractivity contribution in [2.45, 2.75) is 32.7 Å². The molecule has 1 amide bonds. The van der Waals surface area contributed by atoms with Crippen molar-refractivity contribution in [1.82, 2.24) is 10.2 Å². The summed E-state index contributed by atoms with van der Waals surface area (Å²) in [5.74, 6) is 0.0584. The van der Waals surface area contributed by atoms with Crippen molar-refractivity contribution in [2.24, 2.45) is 0 Å². The fourth-order valence-electron chi connectivity index (χ4n) is 2.65. The van der Waals surface area contributed by atoms with Crippen LogP contribution in [0.2, 0.25) is 5.02 Å². The summed E-state index contributed by atoms with van der Waals surface area (Å²) in [5.41, 5.74) is 1.58. The van der Waals surface area contributed by atoms with Crippen molar-refractivity contribution < 1.29 is 4.79 Å². The monoisotopic (exact) mass is 280 g/mol. The first-order valence-corrected chi connectivity index (χ1v) is 7.29. The molecular weight excluding hydrogens is 260 g/mol. The molecule has 0 spiro atoms. The molecule has 1 aliphatic rings. The number of carbonyl (C=O) groups excluding carboxylic acids is 1. The second-order valence-electron chi connectivity index (χ2n) is 5.01. The molecule has 0 atom stereocenters. The van der Waals surface area contributed by atoms with Gasteiger partial charge in [0, 0.05) is 12.6 Å². The zero-order chi connectivity index (χ0) is 13.8. The van der Waals surface area contributed by atoms with Crippen LogP contribution < -0.4 is 5.32 Å². The number of amides is 1. The van der Waals surface area contributed by atoms with Crippen LogP contribution in [0.5, 0.6) is 0 Å². The highest BCUT2D eigenvalue weighted by atomic mass is 35.5. The van der Waals surface area contributed by atoms with Gasteiger partial charge in [0.25, 0.3) is 5.91 Å². The molecule has 4 heteroatoms. The minimum Gasteiger partial charge on any atom is -0.336 e. The first-order valence-electron chi connectivity index (χ1n) is 6.92. The third kappa shape index (κ3) is 3.10. The van der Waals surface area contributed by atoms with Crippen LogP contribution in [-0.4, -0.2) is 36.5 Å². The molecule has 1 N–H and O–H groups in total. The number of aryl methyl sites for hydroxylation is 1. The van der Waals surface area contributed by atoms with E-state index >= 15 is 0 Å². The lowest BCUT2D eigenvalue weighted by molar-refractivity contribution is 0.0656. The van der Waals surface area contributed by atoms with Crippen molar-refractivity contribution in [2.75, 3.05) is 19.6 Å². The average Bonchev–Trinajstić information content (AvgIpc) is 2.44. The molecule has 1 aromatic rings. The van der Waals surface area contributed by atoms with Gasteiger partial charge in [-0.25, -0.2) is 0 Å². The standard InChI is InChI=1S/C15H21ClN2O/c1-3-18(12-7-9-17-10-8-12)15(19)13-6-4-5-11(2)14(13)16/h4-6,12,17H,3,7-10H2,1-2H3. The summed E-state index contributed by atoms with van der Waals surface area (Å²) in [6.07, 6.45) is 2.03. The molecular formula is C15H21ClN2O. The van der Waals surface area contributed by atoms with Crippen LogP contribution in [0.25, 0.3) is 0 Å². The van der Waals surface area contributed by atoms with Crippen LogP contribution in [0.3, 0.4) is 0 Å². The smallest absolute Gasteiger partial charge is 0.255 e. The van der Waals surface area contributed by atoms with E-state index in [9.17, 15) is 4.79 Å². The van der Waals surface area contributed by atoms with Crippen molar-refractivity contribution >= 4 is 17.5 Å². The number of hydrogen-bond donors (Lipinski definition) is 1. The fourth-order valence-corrected chi connectivity index (χ4v) is 2.86. The molecule has 0 unspecified atom stereocenters. The maximum absolute atomic E-state index is 12.7. The Morgan fingerprint density at radius 1 is 1.42 bits per heavy atom. The van der Waals surface area contributed by atoms with Gasteiger partial charge < -0.3 is 10.2 Å². The third-order valence-electron chi connectivity index (χ3n) is 3.77. The molecule has 1 aromatic carbocycles. The molecule has 104 valence electrons. The predicted molar refractivity (Wildman–Crippen MR) is 78.8 cm³/mol. The summed E-state index contributed by atoms with van der Waals surface area (Å²) < 4.78 is 0. The number of nitrogens with one attached hydrogen (secondary N) is 1. The number of benzene rings is 1. The van der Waals surface area contributed by atoms with Crippen LogP contribution >= 0.6 is 11.6 Å². The number of rotatable bonds is 3. The predicted octanol–water partition coefficient (Wildman–Crippen LogP) is 2.86. The van der Waals surface area contributed by atoms with Gasteiger partial charge in [0.2, 0.25) is 0 Å². The van der Waals surface area contributed by atoms with E-state index in [0.717, 1.165) is 38.0 Å². The molecule has 1 heterocycles. The Hall–Kier alpha value is -1.06. The highest BCUT2D eigenvalue weighted by molar-refractivity contribution is 6.34. The van der Waals surface area contributed by atoms with Gasteiger partial charge in [-0.05, 0) is 51.4 Å². The van der Waals surface area contributed by atoms with Gasteiger partial charge in [0.1, 0.15) is 0 Å². The SMILES string of the molecule is CCN(C(=O)c1cccc(C)c1Cl)C1CCNCC1. The summed E-state index contributed by atoms with van der Waals surface area (Å²) in [6.45, 7) is 6.66. The fraction of sp³-hybridized carbons (Fsp3) is 0.533. The van der Waals surface area contributed by atoms with E-state index in [-0.39, 0.29) is 5.91 Å². The number of hydrogen-bond acceptors (Lipinski definition) is 2. The lowest BCUT2D eigenvalue weighted by Crippen LogP contribution is -2.46. The molecule has 2 rings (SSSR count). The van der Waals surface area contributed by atoms with Gasteiger partial charge in [0.05, 0.1) is 10.6 Å². The zero-order valence-corrected chi connectivity index (χ0v) is 12.3. The summed E-state index contributed by atoms with van der Waals surface area (Å²) in [7, 11) is 0. The minimum absolute atomic E-state index is 0.0584. The second-order valence-corrected chi connectivity index (χ2v) is 5.39. The van der Waals surface area contributed by atoms with Crippen LogP contribution in [0, 0.1) is 6.92 Å². The first kappa shape index (κ1) is 14.4. The highest BCUT2D eigenvalue weighted by Crippen LogP contribution is 2.24. The molecule has 1 aliphatic heterocycles. The van der Waals surface area contributed by atoms with E-state index < -0.39 is 0 Å². The molecule has 1 fully saturated rings. The van der Waals surface area contributed by atoms with E-state index in [1.807, 2.05) is 36.9 Å². The minimum atomic E-state index is 0.0584. The molecule has 0 bridgehead atoms. The molecule has 3 nitrogen and oxygen atoms in total. The van der Waals surface area contributed by atoms with Crippen molar-refractivity contribution in [3.05, 3.63) is 34.3 Å². The topological polar surface area (TPSA) is 32.3 Å². The number of carbonyl (C=O) groups is 1. The van der Waals surface area contributed by atoms with Gasteiger partial charge in [0.15, 0.2) is 0 Å². The van der Waals surface area contributed by atoms with Gasteiger partial charge in [-0.1, -0.05) is 23.7 Å². The molecule has 0 aromatic heterocycles. The van der Waals surface area contributed by atoms with E-state index in [4.69, 9.17) is 11.6 Å². The van der Waals surface area contributed by atoms with Gasteiger partial charge >= 0.3 is 0 Å². The highest BCUT2D eigenvalue weighted by Gasteiger charge is 2.26. The Morgan fingerprint density at radius 2 is 2.11 bits per heavy atom. The lowest BCUT2D eigenvalue weighted by Gasteiger charge is -2.34. The van der Waals surface area contributed by atoms with Gasteiger partial charge in [-0.3, -0.25) is 4.79 Å². The normalized spacial score (nSPS) is 16.4.